The van der Waals surface area contributed by atoms with Crippen molar-refractivity contribution in [3.8, 4) is 0 Å². The van der Waals surface area contributed by atoms with Crippen molar-refractivity contribution >= 4 is 10.4 Å². The largest absolute Gasteiger partial charge is 1.00 e. The molecule has 0 aliphatic rings. The van der Waals surface area contributed by atoms with Gasteiger partial charge in [-0.2, -0.15) is 8.42 Å². The fourth-order valence-electron chi connectivity index (χ4n) is 0. The summed E-state index contributed by atoms with van der Waals surface area (Å²) < 4.78 is 36.0. The molecule has 0 aromatic carbocycles. The minimum absolute atomic E-state index is 0. The summed E-state index contributed by atoms with van der Waals surface area (Å²) in [5, 5.41) is 0. The summed E-state index contributed by atoms with van der Waals surface area (Å²) in [6.07, 6.45) is 0. The Hall–Kier alpha value is 0.830. The third kappa shape index (κ3) is 162. The van der Waals surface area contributed by atoms with Crippen LogP contribution in [0, 0.1) is 6.92 Å². The van der Waals surface area contributed by atoms with Crippen molar-refractivity contribution in [3.63, 3.8) is 0 Å². The normalized spacial score (nSPS) is 8.80. The predicted molar refractivity (Wildman–Crippen MR) is 31.4 cm³/mol. The van der Waals surface area contributed by atoms with Crippen molar-refractivity contribution in [2.45, 2.75) is 0 Å². The van der Waals surface area contributed by atoms with Crippen molar-refractivity contribution in [3.05, 3.63) is 6.92 Å². The zero-order chi connectivity index (χ0) is 7.91. The molecule has 0 aromatic rings. The zero-order valence-electron chi connectivity index (χ0n) is 5.94. The van der Waals surface area contributed by atoms with Gasteiger partial charge in [0.05, 0.1) is 0 Å². The third-order valence-corrected chi connectivity index (χ3v) is 0.204. The van der Waals surface area contributed by atoms with Crippen LogP contribution in [0.2, 0.25) is 0 Å². The summed E-state index contributed by atoms with van der Waals surface area (Å²) in [5.41, 5.74) is 0. The molecule has 0 aromatic heterocycles. The molecule has 0 rings (SSSR count). The van der Waals surface area contributed by atoms with E-state index in [1.165, 1.54) is 0 Å². The Morgan fingerprint density at radius 1 is 1.50 bits per heavy atom. The molecule has 0 fully saturated rings. The van der Waals surface area contributed by atoms with Crippen LogP contribution >= 0.6 is 0 Å². The quantitative estimate of drug-likeness (QED) is 0.252. The molecule has 0 saturated carbocycles. The Morgan fingerprint density at radius 3 is 1.60 bits per heavy atom. The van der Waals surface area contributed by atoms with E-state index in [0.29, 0.717) is 6.61 Å². The van der Waals surface area contributed by atoms with Gasteiger partial charge in [0.1, 0.15) is 0 Å². The van der Waals surface area contributed by atoms with E-state index in [1.807, 2.05) is 0 Å². The van der Waals surface area contributed by atoms with Crippen molar-refractivity contribution in [2.24, 2.45) is 0 Å². The van der Waals surface area contributed by atoms with Crippen LogP contribution in [-0.2, 0) is 15.1 Å². The Bertz CT molecular complexity index is 120. The van der Waals surface area contributed by atoms with Gasteiger partial charge in [0.25, 0.3) is 0 Å². The first-order valence-electron chi connectivity index (χ1n) is 1.90. The molecule has 0 atom stereocenters. The van der Waals surface area contributed by atoms with Gasteiger partial charge in [0, 0.05) is 7.11 Å². The molecule has 0 spiro atoms. The Morgan fingerprint density at radius 2 is 1.60 bits per heavy atom. The van der Waals surface area contributed by atoms with E-state index in [2.05, 4.69) is 11.7 Å². The maximum atomic E-state index is 8.74. The second-order valence-electron chi connectivity index (χ2n) is 0.941. The van der Waals surface area contributed by atoms with Crippen LogP contribution in [0.25, 0.3) is 0 Å². The molecule has 0 saturated heterocycles. The summed E-state index contributed by atoms with van der Waals surface area (Å²) in [5.74, 6) is 0. The summed E-state index contributed by atoms with van der Waals surface area (Å²) in [4.78, 5) is 0. The first-order valence-corrected chi connectivity index (χ1v) is 3.29. The van der Waals surface area contributed by atoms with Gasteiger partial charge in [0.15, 0.2) is 0 Å². The molecule has 10 heavy (non-hydrogen) atoms. The first-order chi connectivity index (χ1) is 3.91. The van der Waals surface area contributed by atoms with Gasteiger partial charge in [-0.15, -0.1) is 0 Å². The average Bonchev–Trinajstić information content (AvgIpc) is 1.61. The van der Waals surface area contributed by atoms with Crippen LogP contribution in [0.1, 0.15) is 0 Å². The standard InChI is InChI=1S/C3H7O.Na.H2O4S/c1-3-4-2;;1-5(2,3)4/h1,3H2,2H3;;(H2,1,2,3,4)/q-1;+1;. The van der Waals surface area contributed by atoms with Crippen molar-refractivity contribution in [1.29, 1.82) is 0 Å². The number of hydrogen-bond donors (Lipinski definition) is 2. The molecule has 0 bridgehead atoms. The second kappa shape index (κ2) is 9.83. The molecule has 0 radical (unpaired) electrons. The molecular formula is C3H9NaO5S. The summed E-state index contributed by atoms with van der Waals surface area (Å²) in [6.45, 7) is 3.95. The van der Waals surface area contributed by atoms with Crippen LogP contribution in [0.4, 0.5) is 0 Å². The summed E-state index contributed by atoms with van der Waals surface area (Å²) in [6, 6.07) is 0. The Labute approximate surface area is 82.6 Å². The monoisotopic (exact) mass is 180 g/mol. The molecular weight excluding hydrogens is 171 g/mol. The van der Waals surface area contributed by atoms with Crippen LogP contribution in [0.5, 0.6) is 0 Å². The maximum absolute atomic E-state index is 8.74. The van der Waals surface area contributed by atoms with Gasteiger partial charge in [-0.1, -0.05) is 6.61 Å². The second-order valence-corrected chi connectivity index (χ2v) is 1.84. The number of hydrogen-bond acceptors (Lipinski definition) is 3. The minimum Gasteiger partial charge on any atom is -0.417 e. The van der Waals surface area contributed by atoms with Crippen LogP contribution in [0.3, 0.4) is 0 Å². The molecule has 2 N–H and O–H groups in total. The fourth-order valence-corrected chi connectivity index (χ4v) is 0. The Kier molecular flexibility index (Phi) is 16.8. The number of methoxy groups -OCH3 is 1. The van der Waals surface area contributed by atoms with E-state index in [4.69, 9.17) is 17.5 Å². The number of rotatable bonds is 1. The van der Waals surface area contributed by atoms with E-state index in [0.717, 1.165) is 0 Å². The predicted octanol–water partition coefficient (Wildman–Crippen LogP) is -3.18. The maximum Gasteiger partial charge on any atom is 1.00 e. The molecule has 0 unspecified atom stereocenters. The molecule has 7 heteroatoms. The van der Waals surface area contributed by atoms with Crippen molar-refractivity contribution in [1.82, 2.24) is 0 Å². The molecule has 0 aliphatic heterocycles. The number of ether oxygens (including phenoxy) is 1. The molecule has 0 heterocycles. The van der Waals surface area contributed by atoms with Gasteiger partial charge in [-0.05, 0) is 0 Å². The SMILES string of the molecule is O=S(=O)(O)O.[CH2-]COC.[Na+]. The van der Waals surface area contributed by atoms with E-state index < -0.39 is 10.4 Å². The third-order valence-electron chi connectivity index (χ3n) is 0.204. The Balaban J connectivity index is -0.0000000910. The fraction of sp³-hybridized carbons (Fsp3) is 0.667. The topological polar surface area (TPSA) is 83.8 Å². The van der Waals surface area contributed by atoms with E-state index >= 15 is 0 Å². The van der Waals surface area contributed by atoms with Crippen LogP contribution in [-0.4, -0.2) is 31.2 Å². The summed E-state index contributed by atoms with van der Waals surface area (Å²) >= 11 is 0. The minimum atomic E-state index is -4.67. The van der Waals surface area contributed by atoms with Crippen molar-refractivity contribution < 1.29 is 51.8 Å². The molecule has 5 nitrogen and oxygen atoms in total. The van der Waals surface area contributed by atoms with E-state index in [1.54, 1.807) is 7.11 Å². The van der Waals surface area contributed by atoms with E-state index in [-0.39, 0.29) is 29.6 Å². The van der Waals surface area contributed by atoms with Gasteiger partial charge in [0.2, 0.25) is 0 Å². The zero-order valence-corrected chi connectivity index (χ0v) is 8.76. The average molecular weight is 180 g/mol. The van der Waals surface area contributed by atoms with Gasteiger partial charge < -0.3 is 11.7 Å². The first kappa shape index (κ1) is 17.1. The smallest absolute Gasteiger partial charge is 0.417 e. The van der Waals surface area contributed by atoms with Gasteiger partial charge in [-0.25, -0.2) is 0 Å². The van der Waals surface area contributed by atoms with Crippen LogP contribution in [0.15, 0.2) is 0 Å². The molecule has 0 aliphatic carbocycles. The molecule has 58 valence electrons. The van der Waals surface area contributed by atoms with Gasteiger partial charge >= 0.3 is 40.0 Å². The van der Waals surface area contributed by atoms with Crippen molar-refractivity contribution in [2.75, 3.05) is 13.7 Å². The van der Waals surface area contributed by atoms with Crippen LogP contribution < -0.4 is 29.6 Å². The van der Waals surface area contributed by atoms with E-state index in [9.17, 15) is 0 Å². The van der Waals surface area contributed by atoms with Gasteiger partial charge in [-0.3, -0.25) is 9.11 Å². The molecule has 0 amide bonds. The summed E-state index contributed by atoms with van der Waals surface area (Å²) in [7, 11) is -3.05.